The molecule has 1 aromatic rings. The molecule has 134 valence electrons. The lowest BCUT2D eigenvalue weighted by molar-refractivity contribution is -0.133. The monoisotopic (exact) mass is 334 g/mol. The van der Waals surface area contributed by atoms with E-state index in [1.165, 1.54) is 19.3 Å². The summed E-state index contributed by atoms with van der Waals surface area (Å²) in [6.45, 7) is 9.12. The molecule has 0 unspecified atom stereocenters. The Hall–Kier alpha value is -1.40. The number of hydrogen-bond donors (Lipinski definition) is 0. The van der Waals surface area contributed by atoms with E-state index in [0.717, 1.165) is 70.1 Å². The van der Waals surface area contributed by atoms with Crippen LogP contribution in [0, 0.1) is 6.92 Å². The highest BCUT2D eigenvalue weighted by molar-refractivity contribution is 5.78. The number of aromatic nitrogens is 1. The fourth-order valence-electron chi connectivity index (χ4n) is 3.62. The van der Waals surface area contributed by atoms with Crippen LogP contribution in [-0.4, -0.2) is 71.6 Å². The molecule has 2 fully saturated rings. The lowest BCUT2D eigenvalue weighted by atomic mass is 10.1. The third-order valence-corrected chi connectivity index (χ3v) is 5.09. The average Bonchev–Trinajstić information content (AvgIpc) is 2.94. The second-order valence-electron chi connectivity index (χ2n) is 7.13. The number of nitrogens with zero attached hydrogens (tertiary/aromatic N) is 4. The molecule has 6 nitrogen and oxygen atoms in total. The van der Waals surface area contributed by atoms with E-state index in [0.29, 0.717) is 12.5 Å². The molecule has 6 heteroatoms. The van der Waals surface area contributed by atoms with Gasteiger partial charge in [0.05, 0.1) is 12.2 Å². The fraction of sp³-hybridized carbons (Fsp3) is 0.778. The van der Waals surface area contributed by atoms with Gasteiger partial charge in [0, 0.05) is 51.9 Å². The van der Waals surface area contributed by atoms with Crippen LogP contribution in [0.15, 0.2) is 10.6 Å². The van der Waals surface area contributed by atoms with Gasteiger partial charge < -0.3 is 9.42 Å². The van der Waals surface area contributed by atoms with Crippen LogP contribution in [0.5, 0.6) is 0 Å². The van der Waals surface area contributed by atoms with E-state index in [1.54, 1.807) is 0 Å². The van der Waals surface area contributed by atoms with Crippen LogP contribution in [0.25, 0.3) is 0 Å². The minimum atomic E-state index is 0.317. The maximum atomic E-state index is 12.6. The third kappa shape index (κ3) is 5.05. The largest absolute Gasteiger partial charge is 0.361 e. The molecular formula is C18H30N4O2. The van der Waals surface area contributed by atoms with Gasteiger partial charge in [-0.3, -0.25) is 14.6 Å². The number of amides is 1. The fourth-order valence-corrected chi connectivity index (χ4v) is 3.62. The minimum Gasteiger partial charge on any atom is -0.361 e. The van der Waals surface area contributed by atoms with Gasteiger partial charge in [0.2, 0.25) is 5.91 Å². The van der Waals surface area contributed by atoms with E-state index in [1.807, 2.05) is 13.0 Å². The Kier molecular flexibility index (Phi) is 6.26. The van der Waals surface area contributed by atoms with E-state index < -0.39 is 0 Å². The predicted octanol–water partition coefficient (Wildman–Crippen LogP) is 1.89. The maximum Gasteiger partial charge on any atom is 0.236 e. The van der Waals surface area contributed by atoms with Crippen molar-refractivity contribution in [3.05, 3.63) is 17.5 Å². The predicted molar refractivity (Wildman–Crippen MR) is 92.6 cm³/mol. The van der Waals surface area contributed by atoms with Crippen LogP contribution in [0.3, 0.4) is 0 Å². The van der Waals surface area contributed by atoms with Gasteiger partial charge in [-0.05, 0) is 19.8 Å². The number of aryl methyl sites for hydroxylation is 1. The summed E-state index contributed by atoms with van der Waals surface area (Å²) in [4.78, 5) is 19.3. The first-order valence-electron chi connectivity index (χ1n) is 9.35. The quantitative estimate of drug-likeness (QED) is 0.842. The number of carbonyl (C=O) groups excluding carboxylic acids is 1. The molecule has 3 rings (SSSR count). The molecule has 24 heavy (non-hydrogen) atoms. The Bertz CT molecular complexity index is 515. The summed E-state index contributed by atoms with van der Waals surface area (Å²) in [6.07, 6.45) is 6.19. The second kappa shape index (κ2) is 8.62. The number of hydrogen-bond acceptors (Lipinski definition) is 5. The van der Waals surface area contributed by atoms with Gasteiger partial charge in [0.25, 0.3) is 0 Å². The molecule has 0 radical (unpaired) electrons. The smallest absolute Gasteiger partial charge is 0.236 e. The van der Waals surface area contributed by atoms with Crippen molar-refractivity contribution in [2.75, 3.05) is 45.8 Å². The van der Waals surface area contributed by atoms with Crippen molar-refractivity contribution >= 4 is 5.91 Å². The van der Waals surface area contributed by atoms with Gasteiger partial charge >= 0.3 is 0 Å². The van der Waals surface area contributed by atoms with Crippen LogP contribution in [0.1, 0.15) is 43.6 Å². The van der Waals surface area contributed by atoms with Crippen molar-refractivity contribution in [3.63, 3.8) is 0 Å². The molecule has 0 aromatic carbocycles. The van der Waals surface area contributed by atoms with Crippen molar-refractivity contribution in [3.8, 4) is 0 Å². The summed E-state index contributed by atoms with van der Waals surface area (Å²) < 4.78 is 5.13. The Morgan fingerprint density at radius 1 is 1.00 bits per heavy atom. The molecule has 2 saturated heterocycles. The number of carbonyl (C=O) groups is 1. The first kappa shape index (κ1) is 17.4. The Balaban J connectivity index is 1.40. The normalized spacial score (nSPS) is 21.5. The molecule has 0 N–H and O–H groups in total. The molecular weight excluding hydrogens is 304 g/mol. The summed E-state index contributed by atoms with van der Waals surface area (Å²) in [7, 11) is 0. The van der Waals surface area contributed by atoms with Gasteiger partial charge in [0.1, 0.15) is 5.76 Å². The highest BCUT2D eigenvalue weighted by atomic mass is 16.5. The number of rotatable bonds is 4. The molecule has 0 aliphatic carbocycles. The molecule has 0 bridgehead atoms. The van der Waals surface area contributed by atoms with Crippen molar-refractivity contribution in [1.82, 2.24) is 19.9 Å². The van der Waals surface area contributed by atoms with Crippen LogP contribution in [0.4, 0.5) is 0 Å². The van der Waals surface area contributed by atoms with E-state index >= 15 is 0 Å². The average molecular weight is 334 g/mol. The van der Waals surface area contributed by atoms with Crippen molar-refractivity contribution in [2.24, 2.45) is 0 Å². The van der Waals surface area contributed by atoms with Crippen LogP contribution >= 0.6 is 0 Å². The lowest BCUT2D eigenvalue weighted by Gasteiger charge is -2.35. The van der Waals surface area contributed by atoms with Gasteiger partial charge in [0.15, 0.2) is 0 Å². The van der Waals surface area contributed by atoms with Crippen molar-refractivity contribution in [2.45, 2.75) is 45.6 Å². The van der Waals surface area contributed by atoms with Gasteiger partial charge in [-0.15, -0.1) is 0 Å². The molecule has 2 aliphatic heterocycles. The third-order valence-electron chi connectivity index (χ3n) is 5.09. The summed E-state index contributed by atoms with van der Waals surface area (Å²) in [5, 5.41) is 4.06. The first-order valence-corrected chi connectivity index (χ1v) is 9.35. The molecule has 0 atom stereocenters. The Morgan fingerprint density at radius 2 is 1.62 bits per heavy atom. The SMILES string of the molecule is Cc1cc(CN2CCN(CC(=O)N3CCCCCCC3)CC2)no1. The van der Waals surface area contributed by atoms with E-state index in [4.69, 9.17) is 4.52 Å². The first-order chi connectivity index (χ1) is 11.7. The second-order valence-corrected chi connectivity index (χ2v) is 7.13. The van der Waals surface area contributed by atoms with Crippen molar-refractivity contribution in [1.29, 1.82) is 0 Å². The van der Waals surface area contributed by atoms with Gasteiger partial charge in [-0.2, -0.15) is 0 Å². The Labute approximate surface area is 144 Å². The van der Waals surface area contributed by atoms with E-state index in [2.05, 4.69) is 19.9 Å². The standard InChI is InChI=1S/C18H30N4O2/c1-16-13-17(19-24-16)14-20-9-11-21(12-10-20)15-18(23)22-7-5-3-2-4-6-8-22/h13H,2-12,14-15H2,1H3. The molecule has 1 aromatic heterocycles. The zero-order chi connectivity index (χ0) is 16.8. The Morgan fingerprint density at radius 3 is 2.25 bits per heavy atom. The summed E-state index contributed by atoms with van der Waals surface area (Å²) in [5.41, 5.74) is 0.998. The molecule has 1 amide bonds. The van der Waals surface area contributed by atoms with Gasteiger partial charge in [-0.25, -0.2) is 0 Å². The summed E-state index contributed by atoms with van der Waals surface area (Å²) in [5.74, 6) is 1.18. The lowest BCUT2D eigenvalue weighted by Crippen LogP contribution is -2.50. The summed E-state index contributed by atoms with van der Waals surface area (Å²) >= 11 is 0. The number of piperazine rings is 1. The molecule has 0 spiro atoms. The highest BCUT2D eigenvalue weighted by Crippen LogP contribution is 2.12. The van der Waals surface area contributed by atoms with E-state index in [-0.39, 0.29) is 0 Å². The topological polar surface area (TPSA) is 52.8 Å². The highest BCUT2D eigenvalue weighted by Gasteiger charge is 2.22. The van der Waals surface area contributed by atoms with Crippen LogP contribution < -0.4 is 0 Å². The molecule has 2 aliphatic rings. The zero-order valence-corrected chi connectivity index (χ0v) is 14.9. The van der Waals surface area contributed by atoms with Gasteiger partial charge in [-0.1, -0.05) is 24.4 Å². The zero-order valence-electron chi connectivity index (χ0n) is 14.9. The minimum absolute atomic E-state index is 0.317. The summed E-state index contributed by atoms with van der Waals surface area (Å²) in [6, 6.07) is 2.00. The van der Waals surface area contributed by atoms with Crippen molar-refractivity contribution < 1.29 is 9.32 Å². The van der Waals surface area contributed by atoms with Crippen LogP contribution in [0.2, 0.25) is 0 Å². The van der Waals surface area contributed by atoms with Crippen LogP contribution in [-0.2, 0) is 11.3 Å². The maximum absolute atomic E-state index is 12.6. The molecule has 0 saturated carbocycles. The molecule has 3 heterocycles. The number of likely N-dealkylation sites (tertiary alicyclic amines) is 1. The van der Waals surface area contributed by atoms with E-state index in [9.17, 15) is 4.79 Å².